The highest BCUT2D eigenvalue weighted by atomic mass is 16.2. The maximum atomic E-state index is 12.9. The van der Waals surface area contributed by atoms with Gasteiger partial charge in [0.05, 0.1) is 11.9 Å². The van der Waals surface area contributed by atoms with Crippen LogP contribution in [0.2, 0.25) is 0 Å². The molecule has 7 heteroatoms. The van der Waals surface area contributed by atoms with Gasteiger partial charge in [-0.2, -0.15) is 0 Å². The summed E-state index contributed by atoms with van der Waals surface area (Å²) in [6.45, 7) is 11.7. The molecule has 0 heterocycles. The summed E-state index contributed by atoms with van der Waals surface area (Å²) in [6, 6.07) is -0.647. The van der Waals surface area contributed by atoms with Crippen molar-refractivity contribution in [3.05, 3.63) is 0 Å². The Morgan fingerprint density at radius 3 is 2.07 bits per heavy atom. The highest BCUT2D eigenvalue weighted by Crippen LogP contribution is 2.19. The number of nitrogens with zero attached hydrogens (tertiary/aromatic N) is 1. The van der Waals surface area contributed by atoms with E-state index in [9.17, 15) is 19.2 Å². The fourth-order valence-electron chi connectivity index (χ4n) is 3.46. The molecule has 0 aromatic heterocycles. The normalized spacial score (nSPS) is 15.0. The number of carbonyl (C=O) groups excluding carboxylic acids is 4. The van der Waals surface area contributed by atoms with Crippen molar-refractivity contribution in [3.63, 3.8) is 0 Å². The Hall–Kier alpha value is -2.05. The van der Waals surface area contributed by atoms with Crippen molar-refractivity contribution in [1.82, 2.24) is 5.32 Å². The largest absolute Gasteiger partial charge is 0.388 e. The molecule has 0 rings (SSSR count). The predicted octanol–water partition coefficient (Wildman–Crippen LogP) is 3.09. The second-order valence-corrected chi connectivity index (χ2v) is 9.16. The number of amidine groups is 1. The molecule has 0 aliphatic rings. The molecule has 0 spiro atoms. The van der Waals surface area contributed by atoms with Crippen LogP contribution in [0.15, 0.2) is 4.99 Å². The standard InChI is InChI=1S/C23H41N3O4/c1-15(2)10-20(12-17(5)28)23(30)26-21(11-16(3)4)22(29)13-19(14-27)8-7-9-25-18(6)24/h14-16,19-21H,7-13H2,1-6H3,(H2,24,25)(H,26,30)/t19-,20-,21+/m1/s1. The third-order valence-electron chi connectivity index (χ3n) is 4.82. The summed E-state index contributed by atoms with van der Waals surface area (Å²) >= 11 is 0. The van der Waals surface area contributed by atoms with E-state index < -0.39 is 17.9 Å². The minimum absolute atomic E-state index is 0.0427. The smallest absolute Gasteiger partial charge is 0.224 e. The zero-order chi connectivity index (χ0) is 23.3. The molecule has 3 atom stereocenters. The minimum atomic E-state index is -0.647. The van der Waals surface area contributed by atoms with Crippen LogP contribution >= 0.6 is 0 Å². The highest BCUT2D eigenvalue weighted by molar-refractivity contribution is 5.92. The van der Waals surface area contributed by atoms with Crippen molar-refractivity contribution < 1.29 is 19.2 Å². The number of Topliss-reactive ketones (excluding diaryl/α,β-unsaturated/α-hetero) is 2. The lowest BCUT2D eigenvalue weighted by atomic mass is 9.89. The van der Waals surface area contributed by atoms with Gasteiger partial charge in [0.25, 0.3) is 0 Å². The van der Waals surface area contributed by atoms with Crippen molar-refractivity contribution >= 4 is 29.6 Å². The summed E-state index contributed by atoms with van der Waals surface area (Å²) in [7, 11) is 0. The molecule has 3 N–H and O–H groups in total. The highest BCUT2D eigenvalue weighted by Gasteiger charge is 2.28. The third kappa shape index (κ3) is 13.2. The first-order valence-electron chi connectivity index (χ1n) is 11.0. The number of hydrogen-bond donors (Lipinski definition) is 2. The van der Waals surface area contributed by atoms with Gasteiger partial charge in [-0.15, -0.1) is 0 Å². The summed E-state index contributed by atoms with van der Waals surface area (Å²) in [5, 5.41) is 2.88. The van der Waals surface area contributed by atoms with Crippen LogP contribution < -0.4 is 11.1 Å². The second-order valence-electron chi connectivity index (χ2n) is 9.16. The van der Waals surface area contributed by atoms with Crippen molar-refractivity contribution in [3.8, 4) is 0 Å². The average Bonchev–Trinajstić information content (AvgIpc) is 2.61. The molecule has 30 heavy (non-hydrogen) atoms. The van der Waals surface area contributed by atoms with Gasteiger partial charge in [0, 0.05) is 31.2 Å². The van der Waals surface area contributed by atoms with Crippen molar-refractivity contribution in [2.45, 2.75) is 86.1 Å². The summed E-state index contributed by atoms with van der Waals surface area (Å²) in [4.78, 5) is 52.9. The Morgan fingerprint density at radius 2 is 1.60 bits per heavy atom. The van der Waals surface area contributed by atoms with E-state index in [0.29, 0.717) is 38.1 Å². The van der Waals surface area contributed by atoms with Gasteiger partial charge >= 0.3 is 0 Å². The first-order valence-corrected chi connectivity index (χ1v) is 11.0. The Morgan fingerprint density at radius 1 is 1.00 bits per heavy atom. The van der Waals surface area contributed by atoms with Gasteiger partial charge in [-0.25, -0.2) is 0 Å². The first-order chi connectivity index (χ1) is 14.0. The van der Waals surface area contributed by atoms with Crippen LogP contribution in [0, 0.1) is 23.7 Å². The zero-order valence-corrected chi connectivity index (χ0v) is 19.6. The van der Waals surface area contributed by atoms with Gasteiger partial charge in [-0.1, -0.05) is 27.7 Å². The average molecular weight is 424 g/mol. The Kier molecular flexibility index (Phi) is 13.8. The summed E-state index contributed by atoms with van der Waals surface area (Å²) < 4.78 is 0. The number of aliphatic imine (C=N–C) groups is 1. The van der Waals surface area contributed by atoms with E-state index in [1.807, 2.05) is 27.7 Å². The number of aldehydes is 1. The fourth-order valence-corrected chi connectivity index (χ4v) is 3.46. The quantitative estimate of drug-likeness (QED) is 0.171. The second kappa shape index (κ2) is 14.9. The van der Waals surface area contributed by atoms with Crippen LogP contribution in [-0.4, -0.2) is 42.2 Å². The lowest BCUT2D eigenvalue weighted by molar-refractivity contribution is -0.133. The maximum Gasteiger partial charge on any atom is 0.224 e. The SMILES string of the molecule is CC(=O)C[C@@H](CC(C)C)C(=O)N[C@@H](CC(C)C)C(=O)C[C@H](C=O)CCCN=C(C)N. The number of amides is 1. The molecule has 0 radical (unpaired) electrons. The molecule has 0 saturated carbocycles. The number of nitrogens with one attached hydrogen (secondary N) is 1. The molecular weight excluding hydrogens is 382 g/mol. The Bertz CT molecular complexity index is 595. The minimum Gasteiger partial charge on any atom is -0.388 e. The number of rotatable bonds is 16. The van der Waals surface area contributed by atoms with Gasteiger partial charge in [0.15, 0.2) is 5.78 Å². The molecule has 7 nitrogen and oxygen atoms in total. The van der Waals surface area contributed by atoms with E-state index in [2.05, 4.69) is 10.3 Å². The van der Waals surface area contributed by atoms with E-state index in [4.69, 9.17) is 5.73 Å². The zero-order valence-electron chi connectivity index (χ0n) is 19.6. The van der Waals surface area contributed by atoms with Crippen LogP contribution in [0.4, 0.5) is 0 Å². The van der Waals surface area contributed by atoms with Gasteiger partial charge in [-0.3, -0.25) is 14.6 Å². The van der Waals surface area contributed by atoms with Crippen molar-refractivity contribution in [1.29, 1.82) is 0 Å². The molecule has 0 aliphatic carbocycles. The molecule has 0 aromatic rings. The maximum absolute atomic E-state index is 12.9. The van der Waals surface area contributed by atoms with Crippen LogP contribution in [0.25, 0.3) is 0 Å². The summed E-state index contributed by atoms with van der Waals surface area (Å²) in [6.07, 6.45) is 3.38. The topological polar surface area (TPSA) is 119 Å². The van der Waals surface area contributed by atoms with Gasteiger partial charge in [0.1, 0.15) is 12.1 Å². The van der Waals surface area contributed by atoms with Gasteiger partial charge in [-0.05, 0) is 51.4 Å². The third-order valence-corrected chi connectivity index (χ3v) is 4.82. The van der Waals surface area contributed by atoms with Gasteiger partial charge < -0.3 is 20.6 Å². The van der Waals surface area contributed by atoms with Gasteiger partial charge in [0.2, 0.25) is 5.91 Å². The molecule has 0 unspecified atom stereocenters. The van der Waals surface area contributed by atoms with Crippen LogP contribution in [0.3, 0.4) is 0 Å². The number of nitrogens with two attached hydrogens (primary N) is 1. The number of ketones is 2. The molecule has 0 fully saturated rings. The number of hydrogen-bond acceptors (Lipinski definition) is 5. The van der Waals surface area contributed by atoms with E-state index >= 15 is 0 Å². The monoisotopic (exact) mass is 423 g/mol. The van der Waals surface area contributed by atoms with Crippen molar-refractivity contribution in [2.24, 2.45) is 34.4 Å². The molecule has 0 bridgehead atoms. The van der Waals surface area contributed by atoms with E-state index in [0.717, 1.165) is 6.29 Å². The summed E-state index contributed by atoms with van der Waals surface area (Å²) in [5.74, 6) is -0.322. The molecule has 0 aromatic carbocycles. The Labute approximate surface area is 181 Å². The molecular formula is C23H41N3O4. The molecule has 0 aliphatic heterocycles. The lowest BCUT2D eigenvalue weighted by Gasteiger charge is -2.24. The first kappa shape index (κ1) is 27.9. The van der Waals surface area contributed by atoms with Crippen LogP contribution in [0.5, 0.6) is 0 Å². The van der Waals surface area contributed by atoms with Crippen LogP contribution in [-0.2, 0) is 19.2 Å². The van der Waals surface area contributed by atoms with Crippen LogP contribution in [0.1, 0.15) is 80.1 Å². The summed E-state index contributed by atoms with van der Waals surface area (Å²) in [5.41, 5.74) is 5.50. The predicted molar refractivity (Wildman–Crippen MR) is 120 cm³/mol. The fraction of sp³-hybridized carbons (Fsp3) is 0.783. The van der Waals surface area contributed by atoms with Crippen molar-refractivity contribution in [2.75, 3.05) is 6.54 Å². The number of carbonyl (C=O) groups is 4. The van der Waals surface area contributed by atoms with E-state index in [1.54, 1.807) is 6.92 Å². The van der Waals surface area contributed by atoms with E-state index in [1.165, 1.54) is 6.92 Å². The lowest BCUT2D eigenvalue weighted by Crippen LogP contribution is -2.45. The molecule has 172 valence electrons. The molecule has 1 amide bonds. The Balaban J connectivity index is 5.10. The molecule has 0 saturated heterocycles. The van der Waals surface area contributed by atoms with E-state index in [-0.39, 0.29) is 42.2 Å².